The number of nitrogens with two attached hydrogens (primary N) is 1. The van der Waals surface area contributed by atoms with Crippen molar-refractivity contribution in [2.45, 2.75) is 25.3 Å². The summed E-state index contributed by atoms with van der Waals surface area (Å²) in [4.78, 5) is 24.7. The number of carbonyl (C=O) groups excluding carboxylic acids is 2. The number of anilines is 2. The Balaban J connectivity index is 0.00000225. The van der Waals surface area contributed by atoms with Gasteiger partial charge in [-0.25, -0.2) is 0 Å². The van der Waals surface area contributed by atoms with Crippen LogP contribution in [0.3, 0.4) is 0 Å². The van der Waals surface area contributed by atoms with Crippen LogP contribution in [0.25, 0.3) is 0 Å². The maximum atomic E-state index is 12.4. The van der Waals surface area contributed by atoms with Gasteiger partial charge in [0, 0.05) is 17.5 Å². The zero-order valence-electron chi connectivity index (χ0n) is 13.8. The van der Waals surface area contributed by atoms with Gasteiger partial charge in [0.15, 0.2) is 0 Å². The smallest absolute Gasteiger partial charge is 0.255 e. The Bertz CT molecular complexity index is 736. The number of hydrogen-bond acceptors (Lipinski definition) is 3. The lowest BCUT2D eigenvalue weighted by Crippen LogP contribution is -2.24. The molecule has 1 saturated carbocycles. The lowest BCUT2D eigenvalue weighted by atomic mass is 10.1. The first-order chi connectivity index (χ1) is 11.6. The van der Waals surface area contributed by atoms with Gasteiger partial charge in [0.2, 0.25) is 5.91 Å². The largest absolute Gasteiger partial charge is 0.328 e. The van der Waals surface area contributed by atoms with Gasteiger partial charge in [0.1, 0.15) is 0 Å². The molecule has 3 rings (SSSR count). The third-order valence-electron chi connectivity index (χ3n) is 4.31. The third kappa shape index (κ3) is 4.81. The first kappa shape index (κ1) is 19.0. The second-order valence-corrected chi connectivity index (χ2v) is 6.13. The number of hydrogen-bond donors (Lipinski definition) is 3. The van der Waals surface area contributed by atoms with Crippen molar-refractivity contribution in [2.75, 3.05) is 10.6 Å². The molecule has 0 bridgehead atoms. The van der Waals surface area contributed by atoms with Crippen molar-refractivity contribution in [3.05, 3.63) is 60.2 Å². The van der Waals surface area contributed by atoms with E-state index in [1.54, 1.807) is 24.3 Å². The van der Waals surface area contributed by atoms with Gasteiger partial charge >= 0.3 is 0 Å². The molecule has 25 heavy (non-hydrogen) atoms. The fraction of sp³-hybridized carbons (Fsp3) is 0.263. The molecule has 2 aromatic rings. The maximum Gasteiger partial charge on any atom is 0.255 e. The zero-order chi connectivity index (χ0) is 16.9. The molecular weight excluding hydrogens is 338 g/mol. The Hall–Kier alpha value is -2.37. The van der Waals surface area contributed by atoms with Crippen LogP contribution in [-0.2, 0) is 4.79 Å². The molecule has 1 aliphatic carbocycles. The standard InChI is InChI=1S/C19H21N3O2.ClH/c20-15-11-10-14(12-15)19(24)22-17-9-5-4-8-16(17)21-18(23)13-6-2-1-3-7-13;/h1-9,14-15H,10-12,20H2,(H,21,23)(H,22,24);1H. The second kappa shape index (κ2) is 8.65. The normalized spacial score (nSPS) is 18.9. The van der Waals surface area contributed by atoms with Crippen LogP contribution in [-0.4, -0.2) is 17.9 Å². The molecule has 0 spiro atoms. The molecule has 0 aromatic heterocycles. The summed E-state index contributed by atoms with van der Waals surface area (Å²) in [5.41, 5.74) is 7.64. The first-order valence-corrected chi connectivity index (χ1v) is 8.15. The Kier molecular flexibility index (Phi) is 6.56. The lowest BCUT2D eigenvalue weighted by Gasteiger charge is -2.15. The molecule has 0 radical (unpaired) electrons. The predicted octanol–water partition coefficient (Wildman–Crippen LogP) is 3.43. The zero-order valence-corrected chi connectivity index (χ0v) is 14.6. The average Bonchev–Trinajstić information content (AvgIpc) is 3.04. The van der Waals surface area contributed by atoms with E-state index in [9.17, 15) is 9.59 Å². The number of amides is 2. The fourth-order valence-corrected chi connectivity index (χ4v) is 2.97. The van der Waals surface area contributed by atoms with E-state index in [1.165, 1.54) is 0 Å². The highest BCUT2D eigenvalue weighted by atomic mass is 35.5. The van der Waals surface area contributed by atoms with Crippen LogP contribution in [0.15, 0.2) is 54.6 Å². The molecular formula is C19H22ClN3O2. The minimum atomic E-state index is -0.208. The highest BCUT2D eigenvalue weighted by molar-refractivity contribution is 6.07. The molecule has 4 N–H and O–H groups in total. The fourth-order valence-electron chi connectivity index (χ4n) is 2.97. The molecule has 0 heterocycles. The van der Waals surface area contributed by atoms with Crippen LogP contribution in [0.2, 0.25) is 0 Å². The maximum absolute atomic E-state index is 12.4. The summed E-state index contributed by atoms with van der Waals surface area (Å²) < 4.78 is 0. The van der Waals surface area contributed by atoms with Crippen molar-refractivity contribution in [1.29, 1.82) is 0 Å². The molecule has 2 unspecified atom stereocenters. The van der Waals surface area contributed by atoms with E-state index in [1.807, 2.05) is 30.3 Å². The Morgan fingerprint density at radius 3 is 2.08 bits per heavy atom. The topological polar surface area (TPSA) is 84.2 Å². The summed E-state index contributed by atoms with van der Waals surface area (Å²) in [5.74, 6) is -0.303. The van der Waals surface area contributed by atoms with Crippen molar-refractivity contribution < 1.29 is 9.59 Å². The van der Waals surface area contributed by atoms with E-state index in [-0.39, 0.29) is 36.2 Å². The van der Waals surface area contributed by atoms with Crippen molar-refractivity contribution in [1.82, 2.24) is 0 Å². The molecule has 2 amide bonds. The molecule has 2 atom stereocenters. The summed E-state index contributed by atoms with van der Waals surface area (Å²) >= 11 is 0. The highest BCUT2D eigenvalue weighted by Gasteiger charge is 2.28. The first-order valence-electron chi connectivity index (χ1n) is 8.15. The number of rotatable bonds is 4. The highest BCUT2D eigenvalue weighted by Crippen LogP contribution is 2.28. The van der Waals surface area contributed by atoms with Gasteiger partial charge in [-0.2, -0.15) is 0 Å². The van der Waals surface area contributed by atoms with E-state index in [2.05, 4.69) is 10.6 Å². The number of halogens is 1. The van der Waals surface area contributed by atoms with Crippen molar-refractivity contribution in [3.8, 4) is 0 Å². The van der Waals surface area contributed by atoms with Crippen LogP contribution in [0.1, 0.15) is 29.6 Å². The summed E-state index contributed by atoms with van der Waals surface area (Å²) in [6, 6.07) is 16.3. The van der Waals surface area contributed by atoms with Gasteiger partial charge in [0.05, 0.1) is 11.4 Å². The van der Waals surface area contributed by atoms with E-state index < -0.39 is 0 Å². The number of benzene rings is 2. The average molecular weight is 360 g/mol. The number of nitrogens with one attached hydrogen (secondary N) is 2. The molecule has 132 valence electrons. The summed E-state index contributed by atoms with van der Waals surface area (Å²) in [6.07, 6.45) is 2.40. The molecule has 0 aliphatic heterocycles. The molecule has 1 aliphatic rings. The Labute approximate surface area is 153 Å². The number of para-hydroxylation sites is 2. The van der Waals surface area contributed by atoms with Crippen molar-refractivity contribution in [2.24, 2.45) is 11.7 Å². The van der Waals surface area contributed by atoms with Crippen LogP contribution in [0, 0.1) is 5.92 Å². The van der Waals surface area contributed by atoms with Crippen LogP contribution in [0.4, 0.5) is 11.4 Å². The Morgan fingerprint density at radius 2 is 1.48 bits per heavy atom. The lowest BCUT2D eigenvalue weighted by molar-refractivity contribution is -0.119. The van der Waals surface area contributed by atoms with Crippen LogP contribution >= 0.6 is 12.4 Å². The van der Waals surface area contributed by atoms with Gasteiger partial charge in [0.25, 0.3) is 5.91 Å². The van der Waals surface area contributed by atoms with Gasteiger partial charge in [-0.05, 0) is 43.5 Å². The molecule has 2 aromatic carbocycles. The molecule has 5 nitrogen and oxygen atoms in total. The minimum absolute atomic E-state index is 0. The van der Waals surface area contributed by atoms with E-state index in [0.717, 1.165) is 12.8 Å². The van der Waals surface area contributed by atoms with Crippen LogP contribution in [0.5, 0.6) is 0 Å². The Morgan fingerprint density at radius 1 is 0.880 bits per heavy atom. The van der Waals surface area contributed by atoms with Gasteiger partial charge in [-0.3, -0.25) is 9.59 Å². The van der Waals surface area contributed by atoms with Crippen molar-refractivity contribution >= 4 is 35.6 Å². The SMILES string of the molecule is Cl.NC1CCC(C(=O)Nc2ccccc2NC(=O)c2ccccc2)C1. The van der Waals surface area contributed by atoms with Gasteiger partial charge < -0.3 is 16.4 Å². The second-order valence-electron chi connectivity index (χ2n) is 6.13. The summed E-state index contributed by atoms with van der Waals surface area (Å²) in [6.45, 7) is 0. The van der Waals surface area contributed by atoms with E-state index >= 15 is 0 Å². The monoisotopic (exact) mass is 359 g/mol. The van der Waals surface area contributed by atoms with E-state index in [4.69, 9.17) is 5.73 Å². The van der Waals surface area contributed by atoms with Crippen molar-refractivity contribution in [3.63, 3.8) is 0 Å². The molecule has 0 saturated heterocycles. The van der Waals surface area contributed by atoms with Crippen LogP contribution < -0.4 is 16.4 Å². The molecule has 6 heteroatoms. The van der Waals surface area contributed by atoms with E-state index in [0.29, 0.717) is 23.4 Å². The summed E-state index contributed by atoms with van der Waals surface area (Å²) in [5, 5.41) is 5.77. The number of carbonyl (C=O) groups is 2. The third-order valence-corrected chi connectivity index (χ3v) is 4.31. The summed E-state index contributed by atoms with van der Waals surface area (Å²) in [7, 11) is 0. The minimum Gasteiger partial charge on any atom is -0.328 e. The quantitative estimate of drug-likeness (QED) is 0.781. The predicted molar refractivity (Wildman–Crippen MR) is 102 cm³/mol. The molecule has 1 fully saturated rings. The van der Waals surface area contributed by atoms with Gasteiger partial charge in [-0.15, -0.1) is 12.4 Å². The van der Waals surface area contributed by atoms with Gasteiger partial charge in [-0.1, -0.05) is 30.3 Å².